The van der Waals surface area contributed by atoms with E-state index in [0.717, 1.165) is 89.7 Å². The Kier molecular flexibility index (Phi) is 30.0. The summed E-state index contributed by atoms with van der Waals surface area (Å²) >= 11 is 0. The Hall–Kier alpha value is -3.04. The summed E-state index contributed by atoms with van der Waals surface area (Å²) in [5.41, 5.74) is 0. The SMILES string of the molecule is C=CC(=O)OCCOCCCOCCOC(=O)NCCCCCCN(OCNCCCCCCN=C=O)OCNC1CCCCC[N+]1=C=O. The molecule has 0 aromatic rings. The largest absolute Gasteiger partial charge is 0.460 e. The number of rotatable bonds is 32. The number of carbonyl (C=O) groups is 2. The first-order valence-corrected chi connectivity index (χ1v) is 17.6. The van der Waals surface area contributed by atoms with Crippen LogP contribution in [0.25, 0.3) is 0 Å². The van der Waals surface area contributed by atoms with Crippen molar-refractivity contribution in [2.24, 2.45) is 4.99 Å². The Morgan fingerprint density at radius 3 is 2.29 bits per heavy atom. The molecule has 1 rings (SSSR count). The van der Waals surface area contributed by atoms with Gasteiger partial charge in [0.15, 0.2) is 6.54 Å². The molecule has 1 aliphatic rings. The molecule has 0 spiro atoms. The summed E-state index contributed by atoms with van der Waals surface area (Å²) in [6, 6.07) is 0. The van der Waals surface area contributed by atoms with Crippen LogP contribution in [-0.2, 0) is 43.0 Å². The maximum Gasteiger partial charge on any atom is 0.425 e. The predicted molar refractivity (Wildman–Crippen MR) is 180 cm³/mol. The van der Waals surface area contributed by atoms with Gasteiger partial charge >= 0.3 is 18.1 Å². The third-order valence-electron chi connectivity index (χ3n) is 7.36. The number of unbranched alkanes of at least 4 members (excludes halogenated alkanes) is 6. The Morgan fingerprint density at radius 2 is 1.53 bits per heavy atom. The van der Waals surface area contributed by atoms with Gasteiger partial charge in [-0.15, -0.1) is 4.58 Å². The molecule has 49 heavy (non-hydrogen) atoms. The van der Waals surface area contributed by atoms with Gasteiger partial charge in [0, 0.05) is 38.7 Å². The summed E-state index contributed by atoms with van der Waals surface area (Å²) in [5.74, 6) is -0.474. The van der Waals surface area contributed by atoms with Gasteiger partial charge in [0.1, 0.15) is 26.7 Å². The zero-order valence-corrected chi connectivity index (χ0v) is 29.2. The number of aliphatic imine (C=N–C) groups is 1. The minimum absolute atomic E-state index is 0.108. The van der Waals surface area contributed by atoms with Crippen molar-refractivity contribution in [3.8, 4) is 0 Å². The lowest BCUT2D eigenvalue weighted by Gasteiger charge is -2.22. The van der Waals surface area contributed by atoms with Crippen LogP contribution < -0.4 is 16.0 Å². The molecule has 0 aromatic carbocycles. The molecule has 0 aromatic heterocycles. The van der Waals surface area contributed by atoms with E-state index >= 15 is 0 Å². The average Bonchev–Trinajstić information content (AvgIpc) is 3.35. The van der Waals surface area contributed by atoms with Gasteiger partial charge in [-0.25, -0.2) is 24.7 Å². The molecule has 1 atom stereocenters. The van der Waals surface area contributed by atoms with Crippen molar-refractivity contribution in [3.05, 3.63) is 12.7 Å². The van der Waals surface area contributed by atoms with Crippen LogP contribution in [0.15, 0.2) is 17.6 Å². The lowest BCUT2D eigenvalue weighted by molar-refractivity contribution is -0.570. The van der Waals surface area contributed by atoms with Gasteiger partial charge in [0.2, 0.25) is 12.2 Å². The third-order valence-corrected chi connectivity index (χ3v) is 7.36. The van der Waals surface area contributed by atoms with Gasteiger partial charge < -0.3 is 24.3 Å². The summed E-state index contributed by atoms with van der Waals surface area (Å²) in [4.78, 5) is 59.5. The fourth-order valence-electron chi connectivity index (χ4n) is 4.71. The highest BCUT2D eigenvalue weighted by atomic mass is 17.0. The van der Waals surface area contributed by atoms with E-state index in [-0.39, 0.29) is 26.1 Å². The summed E-state index contributed by atoms with van der Waals surface area (Å²) < 4.78 is 22.3. The molecule has 16 nitrogen and oxygen atoms in total. The van der Waals surface area contributed by atoms with Gasteiger partial charge in [-0.2, -0.15) is 4.79 Å². The number of ether oxygens (including phenoxy) is 4. The zero-order valence-electron chi connectivity index (χ0n) is 29.2. The number of hydroxylamine groups is 2. The first kappa shape index (κ1) is 44.0. The van der Waals surface area contributed by atoms with E-state index in [4.69, 9.17) is 28.6 Å². The predicted octanol–water partition coefficient (Wildman–Crippen LogP) is 2.83. The topological polar surface area (TPSA) is 178 Å². The van der Waals surface area contributed by atoms with Crippen molar-refractivity contribution in [1.29, 1.82) is 0 Å². The standard InChI is InChI=1S/C33H58N6O10/c1-2-32(42)46-25-23-44-21-14-22-45-24-26-47-33(43)36-18-11-5-6-13-20-39(48-28-35-17-10-4-3-9-16-34-27-40)49-29-37-31-15-8-7-12-19-38(31)30-41/h2,31,35,37H,1,3-26,28-29H2/p+1. The maximum absolute atomic E-state index is 11.9. The van der Waals surface area contributed by atoms with Gasteiger partial charge in [-0.3, -0.25) is 15.0 Å². The zero-order chi connectivity index (χ0) is 35.5. The summed E-state index contributed by atoms with van der Waals surface area (Å²) in [6.45, 7) is 8.81. The number of alkyl carbamates (subject to hydrolysis) is 1. The summed E-state index contributed by atoms with van der Waals surface area (Å²) in [5, 5.41) is 10.8. The van der Waals surface area contributed by atoms with E-state index in [1.165, 1.54) is 5.23 Å². The van der Waals surface area contributed by atoms with Crippen LogP contribution >= 0.6 is 0 Å². The van der Waals surface area contributed by atoms with Crippen LogP contribution in [0.3, 0.4) is 0 Å². The van der Waals surface area contributed by atoms with Crippen molar-refractivity contribution < 1.29 is 52.4 Å². The van der Waals surface area contributed by atoms with E-state index in [2.05, 4.69) is 27.5 Å². The van der Waals surface area contributed by atoms with Crippen LogP contribution in [0.1, 0.15) is 83.5 Å². The number of nitrogens with zero attached hydrogens (tertiary/aromatic N) is 3. The van der Waals surface area contributed by atoms with Crippen molar-refractivity contribution in [2.75, 3.05) is 85.8 Å². The van der Waals surface area contributed by atoms with Crippen molar-refractivity contribution in [2.45, 2.75) is 89.6 Å². The maximum atomic E-state index is 11.9. The van der Waals surface area contributed by atoms with E-state index < -0.39 is 12.1 Å². The molecule has 1 aliphatic heterocycles. The highest BCUT2D eigenvalue weighted by molar-refractivity contribution is 5.81. The summed E-state index contributed by atoms with van der Waals surface area (Å²) in [7, 11) is 0. The Balaban J connectivity index is 2.15. The third kappa shape index (κ3) is 27.5. The molecule has 1 heterocycles. The highest BCUT2D eigenvalue weighted by Crippen LogP contribution is 2.11. The summed E-state index contributed by atoms with van der Waals surface area (Å²) in [6.07, 6.45) is 16.2. The van der Waals surface area contributed by atoms with Crippen molar-refractivity contribution >= 4 is 24.2 Å². The monoisotopic (exact) mass is 699 g/mol. The Bertz CT molecular complexity index is 962. The van der Waals surface area contributed by atoms with Crippen LogP contribution in [0.5, 0.6) is 0 Å². The molecular formula is C33H59N6O10+. The fourth-order valence-corrected chi connectivity index (χ4v) is 4.71. The molecule has 0 aliphatic carbocycles. The lowest BCUT2D eigenvalue weighted by Crippen LogP contribution is -2.42. The second kappa shape index (κ2) is 33.5. The lowest BCUT2D eigenvalue weighted by atomic mass is 10.2. The van der Waals surface area contributed by atoms with Gasteiger partial charge in [-0.1, -0.05) is 37.5 Å². The van der Waals surface area contributed by atoms with Gasteiger partial charge in [0.25, 0.3) is 0 Å². The van der Waals surface area contributed by atoms with Crippen molar-refractivity contribution in [1.82, 2.24) is 21.2 Å². The molecule has 1 unspecified atom stereocenters. The van der Waals surface area contributed by atoms with Crippen molar-refractivity contribution in [3.63, 3.8) is 0 Å². The molecule has 0 radical (unpaired) electrons. The van der Waals surface area contributed by atoms with Gasteiger partial charge in [-0.05, 0) is 51.5 Å². The fraction of sp³-hybridized carbons (Fsp3) is 0.818. The number of amides is 1. The van der Waals surface area contributed by atoms with Crippen LogP contribution in [0.4, 0.5) is 4.79 Å². The number of nitrogens with one attached hydrogen (secondary N) is 3. The minimum atomic E-state index is -0.474. The first-order valence-electron chi connectivity index (χ1n) is 17.6. The van der Waals surface area contributed by atoms with E-state index in [9.17, 15) is 19.2 Å². The van der Waals surface area contributed by atoms with E-state index in [0.29, 0.717) is 65.8 Å². The second-order valence-electron chi connectivity index (χ2n) is 11.3. The quantitative estimate of drug-likeness (QED) is 0.0137. The molecule has 16 heteroatoms. The Morgan fingerprint density at radius 1 is 0.816 bits per heavy atom. The molecule has 0 saturated carbocycles. The number of esters is 1. The second-order valence-corrected chi connectivity index (χ2v) is 11.3. The van der Waals surface area contributed by atoms with Crippen LogP contribution in [-0.4, -0.2) is 126 Å². The van der Waals surface area contributed by atoms with E-state index in [1.54, 1.807) is 10.7 Å². The number of isocyanates is 2. The van der Waals surface area contributed by atoms with Crippen LogP contribution in [0, 0.1) is 0 Å². The van der Waals surface area contributed by atoms with E-state index in [1.807, 2.05) is 6.08 Å². The Labute approximate surface area is 290 Å². The molecular weight excluding hydrogens is 640 g/mol. The molecule has 3 N–H and O–H groups in total. The van der Waals surface area contributed by atoms with Gasteiger partial charge in [0.05, 0.1) is 26.3 Å². The minimum Gasteiger partial charge on any atom is -0.460 e. The number of hydrogen-bond donors (Lipinski definition) is 3. The molecule has 280 valence electrons. The smallest absolute Gasteiger partial charge is 0.425 e. The normalized spacial score (nSPS) is 14.5. The highest BCUT2D eigenvalue weighted by Gasteiger charge is 2.24. The first-order chi connectivity index (χ1) is 24.1. The molecule has 0 bridgehead atoms. The molecule has 1 saturated heterocycles. The molecule has 1 amide bonds. The van der Waals surface area contributed by atoms with Crippen LogP contribution in [0.2, 0.25) is 0 Å². The average molecular weight is 700 g/mol. The number of hydrogen-bond acceptors (Lipinski definition) is 14. The number of carbonyl (C=O) groups excluding carboxylic acids is 4. The molecule has 1 fully saturated rings.